The normalized spacial score (nSPS) is 22.1. The molecule has 0 N–H and O–H groups in total. The van der Waals surface area contributed by atoms with Crippen LogP contribution in [0.15, 0.2) is 79.0 Å². The quantitative estimate of drug-likeness (QED) is 0.517. The maximum atomic E-state index is 15.1. The van der Waals surface area contributed by atoms with Gasteiger partial charge in [-0.1, -0.05) is 60.7 Å². The molecule has 2 aliphatic rings. The first-order valence-electron chi connectivity index (χ1n) is 10.4. The molecule has 0 saturated carbocycles. The summed E-state index contributed by atoms with van der Waals surface area (Å²) in [7, 11) is 0. The number of benzene rings is 3. The van der Waals surface area contributed by atoms with E-state index in [0.717, 1.165) is 17.7 Å². The molecule has 1 saturated heterocycles. The van der Waals surface area contributed by atoms with Gasteiger partial charge in [-0.25, -0.2) is 8.78 Å². The fraction of sp³-hybridized carbons (Fsp3) is 0.148. The van der Waals surface area contributed by atoms with Crippen molar-refractivity contribution in [3.05, 3.63) is 113 Å². The summed E-state index contributed by atoms with van der Waals surface area (Å²) in [5, 5.41) is 20.8. The molecule has 3 atom stereocenters. The maximum absolute atomic E-state index is 15.1. The predicted octanol–water partition coefficient (Wildman–Crippen LogP) is 5.37. The summed E-state index contributed by atoms with van der Waals surface area (Å²) >= 11 is 0. The third-order valence-electron chi connectivity index (χ3n) is 6.57. The van der Waals surface area contributed by atoms with Crippen LogP contribution in [0.2, 0.25) is 0 Å². The van der Waals surface area contributed by atoms with Crippen molar-refractivity contribution in [2.75, 3.05) is 0 Å². The molecule has 0 bridgehead atoms. The van der Waals surface area contributed by atoms with Gasteiger partial charge in [-0.2, -0.15) is 10.5 Å². The number of ketones is 1. The zero-order chi connectivity index (χ0) is 23.2. The lowest BCUT2D eigenvalue weighted by molar-refractivity contribution is 0.0874. The Kier molecular flexibility index (Phi) is 4.80. The van der Waals surface area contributed by atoms with Crippen molar-refractivity contribution >= 4 is 11.9 Å². The number of hydrogen-bond acceptors (Lipinski definition) is 4. The standard InChI is InChI=1S/C27H17F2N3O/c28-19-10-11-21(22(29)14-19)23-24(25(33)18-7-2-1-3-8-18)32-13-12-17-6-4-5-9-20(17)26(32)27(23,15-30)16-31/h1-14,23-24,26H/t23-,24+,26+/m1/s1. The number of nitrogens with zero attached hydrogens (tertiary/aromatic N) is 3. The van der Waals surface area contributed by atoms with Gasteiger partial charge < -0.3 is 4.90 Å². The van der Waals surface area contributed by atoms with Crippen LogP contribution >= 0.6 is 0 Å². The highest BCUT2D eigenvalue weighted by atomic mass is 19.1. The van der Waals surface area contributed by atoms with Gasteiger partial charge in [0.25, 0.3) is 0 Å². The second kappa shape index (κ2) is 7.69. The molecule has 0 aliphatic carbocycles. The number of carbonyl (C=O) groups excluding carboxylic acids is 1. The van der Waals surface area contributed by atoms with E-state index in [0.29, 0.717) is 11.1 Å². The molecule has 160 valence electrons. The van der Waals surface area contributed by atoms with E-state index in [1.165, 1.54) is 6.07 Å². The molecule has 3 aromatic carbocycles. The van der Waals surface area contributed by atoms with Crippen molar-refractivity contribution in [2.45, 2.75) is 18.0 Å². The van der Waals surface area contributed by atoms with Gasteiger partial charge in [0.15, 0.2) is 11.2 Å². The van der Waals surface area contributed by atoms with Crippen molar-refractivity contribution in [1.29, 1.82) is 10.5 Å². The highest BCUT2D eigenvalue weighted by Gasteiger charge is 2.64. The van der Waals surface area contributed by atoms with Crippen LogP contribution in [0.5, 0.6) is 0 Å². The molecule has 0 spiro atoms. The summed E-state index contributed by atoms with van der Waals surface area (Å²) in [6, 6.07) is 21.3. The average Bonchev–Trinajstić information content (AvgIpc) is 3.15. The first-order chi connectivity index (χ1) is 16.0. The van der Waals surface area contributed by atoms with Gasteiger partial charge in [0.2, 0.25) is 0 Å². The Morgan fingerprint density at radius 2 is 1.61 bits per heavy atom. The topological polar surface area (TPSA) is 67.9 Å². The Bertz CT molecular complexity index is 1360. The lowest BCUT2D eigenvalue weighted by Gasteiger charge is -2.34. The van der Waals surface area contributed by atoms with E-state index in [2.05, 4.69) is 12.1 Å². The maximum Gasteiger partial charge on any atom is 0.185 e. The van der Waals surface area contributed by atoms with E-state index in [-0.39, 0.29) is 11.3 Å². The molecule has 5 rings (SSSR count). The summed E-state index contributed by atoms with van der Waals surface area (Å²) < 4.78 is 28.9. The van der Waals surface area contributed by atoms with Gasteiger partial charge in [-0.3, -0.25) is 4.79 Å². The Labute approximate surface area is 189 Å². The van der Waals surface area contributed by atoms with Crippen LogP contribution in [0.3, 0.4) is 0 Å². The Balaban J connectivity index is 1.80. The van der Waals surface area contributed by atoms with E-state index in [9.17, 15) is 19.7 Å². The highest BCUT2D eigenvalue weighted by molar-refractivity contribution is 6.01. The second-order valence-electron chi connectivity index (χ2n) is 8.21. The van der Waals surface area contributed by atoms with Gasteiger partial charge in [-0.15, -0.1) is 0 Å². The minimum absolute atomic E-state index is 0.0333. The smallest absolute Gasteiger partial charge is 0.185 e. The molecule has 33 heavy (non-hydrogen) atoms. The first-order valence-corrected chi connectivity index (χ1v) is 10.4. The lowest BCUT2D eigenvalue weighted by Crippen LogP contribution is -2.38. The zero-order valence-electron chi connectivity index (χ0n) is 17.3. The van der Waals surface area contributed by atoms with Crippen LogP contribution in [0, 0.1) is 39.7 Å². The molecule has 3 aromatic rings. The number of rotatable bonds is 3. The molecule has 2 aliphatic heterocycles. The summed E-state index contributed by atoms with van der Waals surface area (Å²) in [5.74, 6) is -3.16. The molecule has 0 amide bonds. The van der Waals surface area contributed by atoms with E-state index >= 15 is 4.39 Å². The molecule has 0 aromatic heterocycles. The fourth-order valence-electron chi connectivity index (χ4n) is 5.17. The van der Waals surface area contributed by atoms with E-state index in [1.807, 2.05) is 24.3 Å². The summed E-state index contributed by atoms with van der Waals surface area (Å²) in [6.07, 6.45) is 3.52. The highest BCUT2D eigenvalue weighted by Crippen LogP contribution is 2.60. The lowest BCUT2D eigenvalue weighted by atomic mass is 9.67. The minimum atomic E-state index is -1.80. The molecular weight excluding hydrogens is 420 g/mol. The molecule has 0 unspecified atom stereocenters. The largest absolute Gasteiger partial charge is 0.357 e. The predicted molar refractivity (Wildman–Crippen MR) is 117 cm³/mol. The number of halogens is 2. The van der Waals surface area contributed by atoms with Crippen LogP contribution in [0.1, 0.15) is 39.0 Å². The van der Waals surface area contributed by atoms with E-state index < -0.39 is 35.1 Å². The van der Waals surface area contributed by atoms with Crippen molar-refractivity contribution in [2.24, 2.45) is 5.41 Å². The van der Waals surface area contributed by atoms with Gasteiger partial charge in [-0.05, 0) is 28.8 Å². The monoisotopic (exact) mass is 437 g/mol. The third kappa shape index (κ3) is 2.96. The van der Waals surface area contributed by atoms with Crippen LogP contribution in [0.4, 0.5) is 8.78 Å². The fourth-order valence-corrected chi connectivity index (χ4v) is 5.17. The SMILES string of the molecule is N#CC1(C#N)[C@H](c2ccc(F)cc2F)[C@@H](C(=O)c2ccccc2)N2C=Cc3ccccc3[C@H]21. The van der Waals surface area contributed by atoms with Crippen LogP contribution in [-0.4, -0.2) is 16.7 Å². The summed E-state index contributed by atoms with van der Waals surface area (Å²) in [6.45, 7) is 0. The van der Waals surface area contributed by atoms with Crippen molar-refractivity contribution in [1.82, 2.24) is 4.90 Å². The third-order valence-corrected chi connectivity index (χ3v) is 6.57. The van der Waals surface area contributed by atoms with Gasteiger partial charge in [0.1, 0.15) is 17.7 Å². The molecule has 6 heteroatoms. The molecular formula is C27H17F2N3O. The van der Waals surface area contributed by atoms with Crippen LogP contribution < -0.4 is 0 Å². The average molecular weight is 437 g/mol. The molecule has 1 fully saturated rings. The van der Waals surface area contributed by atoms with Gasteiger partial charge in [0, 0.05) is 23.7 Å². The zero-order valence-corrected chi connectivity index (χ0v) is 17.3. The number of Topliss-reactive ketones (excluding diaryl/α,β-unsaturated/α-hetero) is 1. The number of carbonyl (C=O) groups is 1. The van der Waals surface area contributed by atoms with Crippen molar-refractivity contribution in [3.8, 4) is 12.1 Å². The first kappa shape index (κ1) is 20.6. The number of hydrogen-bond donors (Lipinski definition) is 0. The second-order valence-corrected chi connectivity index (χ2v) is 8.21. The summed E-state index contributed by atoms with van der Waals surface area (Å²) in [5.41, 5.74) is 0.0785. The van der Waals surface area contributed by atoms with Gasteiger partial charge >= 0.3 is 0 Å². The molecule has 0 radical (unpaired) electrons. The Morgan fingerprint density at radius 1 is 0.909 bits per heavy atom. The number of nitriles is 2. The Morgan fingerprint density at radius 3 is 2.30 bits per heavy atom. The van der Waals surface area contributed by atoms with E-state index in [1.54, 1.807) is 47.5 Å². The van der Waals surface area contributed by atoms with Crippen LogP contribution in [0.25, 0.3) is 6.08 Å². The molecule has 2 heterocycles. The summed E-state index contributed by atoms with van der Waals surface area (Å²) in [4.78, 5) is 15.5. The minimum Gasteiger partial charge on any atom is -0.357 e. The molecule has 4 nitrogen and oxygen atoms in total. The van der Waals surface area contributed by atoms with E-state index in [4.69, 9.17) is 0 Å². The van der Waals surface area contributed by atoms with Crippen LogP contribution in [-0.2, 0) is 0 Å². The van der Waals surface area contributed by atoms with Gasteiger partial charge in [0.05, 0.1) is 18.2 Å². The van der Waals surface area contributed by atoms with Crippen molar-refractivity contribution < 1.29 is 13.6 Å². The number of fused-ring (bicyclic) bond motifs is 3. The Hall–Kier alpha value is -4.29. The van der Waals surface area contributed by atoms with Crippen molar-refractivity contribution in [3.63, 3.8) is 0 Å².